The van der Waals surface area contributed by atoms with Crippen LogP contribution in [0.3, 0.4) is 0 Å². The number of fused-ring (bicyclic) bond motifs is 5. The first kappa shape index (κ1) is 23.9. The molecule has 7 rings (SSSR count). The second-order valence-electron chi connectivity index (χ2n) is 11.2. The molecule has 0 saturated carbocycles. The second kappa shape index (κ2) is 8.18. The molecule has 2 atom stereocenters. The number of nitrogens with zero attached hydrogens (tertiary/aromatic N) is 4. The van der Waals surface area contributed by atoms with Crippen LogP contribution in [0.4, 0.5) is 4.39 Å². The summed E-state index contributed by atoms with van der Waals surface area (Å²) in [5, 5.41) is 12.2. The molecule has 0 radical (unpaired) electrons. The molecule has 8 nitrogen and oxygen atoms in total. The van der Waals surface area contributed by atoms with Crippen molar-refractivity contribution in [2.45, 2.75) is 57.9 Å². The highest BCUT2D eigenvalue weighted by molar-refractivity contribution is 5.93. The van der Waals surface area contributed by atoms with E-state index in [2.05, 4.69) is 16.8 Å². The van der Waals surface area contributed by atoms with Crippen molar-refractivity contribution in [3.05, 3.63) is 61.7 Å². The molecule has 5 heterocycles. The van der Waals surface area contributed by atoms with Gasteiger partial charge in [0.2, 0.25) is 0 Å². The molecule has 0 amide bonds. The van der Waals surface area contributed by atoms with Crippen LogP contribution in [-0.2, 0) is 34.7 Å². The zero-order valence-corrected chi connectivity index (χ0v) is 21.9. The number of likely N-dealkylation sites (N-methyl/N-ethyl adjacent to an activating group) is 1. The molecule has 1 aromatic carbocycles. The first-order valence-electron chi connectivity index (χ1n) is 13.5. The summed E-state index contributed by atoms with van der Waals surface area (Å²) in [6, 6.07) is 3.40. The first-order chi connectivity index (χ1) is 18.2. The van der Waals surface area contributed by atoms with E-state index in [0.29, 0.717) is 40.1 Å². The highest BCUT2D eigenvalue weighted by Gasteiger charge is 2.46. The number of halogens is 1. The minimum atomic E-state index is -1.88. The monoisotopic (exact) mass is 518 g/mol. The number of esters is 1. The van der Waals surface area contributed by atoms with Gasteiger partial charge in [0.05, 0.1) is 29.0 Å². The van der Waals surface area contributed by atoms with E-state index in [4.69, 9.17) is 9.72 Å². The lowest BCUT2D eigenvalue weighted by Gasteiger charge is -2.41. The standard InChI is InChI=1S/C29H31FN4O4/c1-4-29(37)19-11-23-26-17(13-34(23)27(35)18(19)14-38-28(29)36)25-22(33-9-7-32(3)8-10-33)6-5-16-15(2)20(30)12-21(31-26)24(16)25/h11-12,22,37H,4-10,13-14H2,1-3H3/t22-,29-/m0/s1. The highest BCUT2D eigenvalue weighted by atomic mass is 19.1. The van der Waals surface area contributed by atoms with Crippen molar-refractivity contribution in [3.63, 3.8) is 0 Å². The van der Waals surface area contributed by atoms with Crippen molar-refractivity contribution in [1.82, 2.24) is 19.4 Å². The number of pyridine rings is 2. The smallest absolute Gasteiger partial charge is 0.343 e. The quantitative estimate of drug-likeness (QED) is 0.409. The number of piperazine rings is 1. The van der Waals surface area contributed by atoms with E-state index in [1.54, 1.807) is 17.6 Å². The van der Waals surface area contributed by atoms with Gasteiger partial charge in [0.25, 0.3) is 5.56 Å². The molecule has 198 valence electrons. The molecule has 1 aliphatic carbocycles. The Labute approximate surface area is 219 Å². The Bertz CT molecular complexity index is 1610. The number of carbonyl (C=O) groups is 1. The maximum absolute atomic E-state index is 15.1. The van der Waals surface area contributed by atoms with Crippen LogP contribution in [0.25, 0.3) is 22.3 Å². The van der Waals surface area contributed by atoms with Crippen molar-refractivity contribution in [1.29, 1.82) is 0 Å². The summed E-state index contributed by atoms with van der Waals surface area (Å²) < 4.78 is 22.0. The Hall–Kier alpha value is -3.14. The van der Waals surface area contributed by atoms with Gasteiger partial charge in [0.1, 0.15) is 12.4 Å². The molecular weight excluding hydrogens is 487 g/mol. The second-order valence-corrected chi connectivity index (χ2v) is 11.2. The lowest BCUT2D eigenvalue weighted by Crippen LogP contribution is -2.46. The molecular formula is C29H31FN4O4. The summed E-state index contributed by atoms with van der Waals surface area (Å²) in [5.41, 5.74) is 4.06. The van der Waals surface area contributed by atoms with Crippen LogP contribution >= 0.6 is 0 Å². The number of benzene rings is 1. The van der Waals surface area contributed by atoms with Crippen LogP contribution in [-0.4, -0.2) is 63.7 Å². The summed E-state index contributed by atoms with van der Waals surface area (Å²) >= 11 is 0. The Kier molecular flexibility index (Phi) is 5.15. The number of cyclic esters (lactones) is 1. The van der Waals surface area contributed by atoms with Crippen molar-refractivity contribution < 1.29 is 19.0 Å². The lowest BCUT2D eigenvalue weighted by atomic mass is 9.81. The number of rotatable bonds is 2. The molecule has 2 aromatic heterocycles. The average Bonchev–Trinajstić information content (AvgIpc) is 3.29. The molecule has 3 aromatic rings. The van der Waals surface area contributed by atoms with Crippen molar-refractivity contribution >= 4 is 16.9 Å². The molecule has 1 saturated heterocycles. The predicted octanol–water partition coefficient (Wildman–Crippen LogP) is 2.76. The molecule has 4 aliphatic rings. The third-order valence-corrected chi connectivity index (χ3v) is 9.33. The van der Waals surface area contributed by atoms with Gasteiger partial charge in [-0.1, -0.05) is 6.92 Å². The lowest BCUT2D eigenvalue weighted by molar-refractivity contribution is -0.172. The average molecular weight is 519 g/mol. The van der Waals surface area contributed by atoms with E-state index in [1.165, 1.54) is 6.07 Å². The molecule has 1 fully saturated rings. The number of ether oxygens (including phenoxy) is 1. The molecule has 38 heavy (non-hydrogen) atoms. The number of aryl methyl sites for hydroxylation is 1. The van der Waals surface area contributed by atoms with Crippen LogP contribution < -0.4 is 5.56 Å². The zero-order chi connectivity index (χ0) is 26.5. The first-order valence-corrected chi connectivity index (χ1v) is 13.5. The van der Waals surface area contributed by atoms with E-state index >= 15 is 4.39 Å². The molecule has 0 spiro atoms. The molecule has 3 aliphatic heterocycles. The normalized spacial score (nSPS) is 24.8. The number of hydrogen-bond acceptors (Lipinski definition) is 7. The number of carbonyl (C=O) groups excluding carboxylic acids is 1. The number of aliphatic hydroxyl groups is 1. The van der Waals surface area contributed by atoms with E-state index in [9.17, 15) is 14.7 Å². The topological polar surface area (TPSA) is 87.9 Å². The minimum absolute atomic E-state index is 0.0876. The summed E-state index contributed by atoms with van der Waals surface area (Å²) in [6.07, 6.45) is 1.76. The molecule has 1 N–H and O–H groups in total. The Morgan fingerprint density at radius 3 is 2.66 bits per heavy atom. The van der Waals surface area contributed by atoms with E-state index in [0.717, 1.165) is 61.1 Å². The fraction of sp³-hybridized carbons (Fsp3) is 0.483. The predicted molar refractivity (Wildman–Crippen MR) is 139 cm³/mol. The zero-order valence-electron chi connectivity index (χ0n) is 21.9. The van der Waals surface area contributed by atoms with Gasteiger partial charge in [-0.05, 0) is 56.0 Å². The summed E-state index contributed by atoms with van der Waals surface area (Å²) in [7, 11) is 2.14. The van der Waals surface area contributed by atoms with Gasteiger partial charge in [0, 0.05) is 54.8 Å². The van der Waals surface area contributed by atoms with Crippen molar-refractivity contribution in [3.8, 4) is 11.4 Å². The highest BCUT2D eigenvalue weighted by Crippen LogP contribution is 2.47. The van der Waals surface area contributed by atoms with Crippen LogP contribution in [0.15, 0.2) is 16.9 Å². The summed E-state index contributed by atoms with van der Waals surface area (Å²) in [4.78, 5) is 36.1. The summed E-state index contributed by atoms with van der Waals surface area (Å²) in [6.45, 7) is 7.58. The SMILES string of the molecule is CC[C@@]1(O)C(=O)OCc2c1cc1n(c2=O)Cc2c-1nc1cc(F)c(C)c3c1c2[C@@H](N1CCN(C)CC1)CC3. The molecule has 0 bridgehead atoms. The van der Waals surface area contributed by atoms with Gasteiger partial charge >= 0.3 is 5.97 Å². The van der Waals surface area contributed by atoms with Crippen molar-refractivity contribution in [2.75, 3.05) is 33.2 Å². The van der Waals surface area contributed by atoms with E-state index in [-0.39, 0.29) is 30.4 Å². The third-order valence-electron chi connectivity index (χ3n) is 9.33. The fourth-order valence-electron chi connectivity index (χ4n) is 7.03. The Morgan fingerprint density at radius 2 is 1.92 bits per heavy atom. The van der Waals surface area contributed by atoms with Gasteiger partial charge < -0.3 is 19.3 Å². The Balaban J connectivity index is 1.50. The summed E-state index contributed by atoms with van der Waals surface area (Å²) in [5.74, 6) is -1.01. The van der Waals surface area contributed by atoms with Crippen molar-refractivity contribution in [2.24, 2.45) is 0 Å². The van der Waals surface area contributed by atoms with Gasteiger partial charge in [0.15, 0.2) is 5.60 Å². The number of hydrogen-bond donors (Lipinski definition) is 1. The third kappa shape index (κ3) is 3.09. The molecule has 9 heteroatoms. The van der Waals surface area contributed by atoms with Gasteiger partial charge in [-0.3, -0.25) is 9.69 Å². The van der Waals surface area contributed by atoms with Gasteiger partial charge in [-0.25, -0.2) is 14.2 Å². The van der Waals surface area contributed by atoms with Crippen LogP contribution in [0.2, 0.25) is 0 Å². The number of aromatic nitrogens is 2. The Morgan fingerprint density at radius 1 is 1.16 bits per heavy atom. The molecule has 0 unspecified atom stereocenters. The largest absolute Gasteiger partial charge is 0.458 e. The van der Waals surface area contributed by atoms with Crippen LogP contribution in [0.5, 0.6) is 0 Å². The van der Waals surface area contributed by atoms with Gasteiger partial charge in [-0.15, -0.1) is 0 Å². The maximum atomic E-state index is 15.1. The van der Waals surface area contributed by atoms with E-state index < -0.39 is 11.6 Å². The maximum Gasteiger partial charge on any atom is 0.343 e. The fourth-order valence-corrected chi connectivity index (χ4v) is 7.03. The van der Waals surface area contributed by atoms with Gasteiger partial charge in [-0.2, -0.15) is 0 Å². The van der Waals surface area contributed by atoms with Crippen LogP contribution in [0, 0.1) is 12.7 Å². The van der Waals surface area contributed by atoms with Crippen LogP contribution in [0.1, 0.15) is 59.2 Å². The van der Waals surface area contributed by atoms with E-state index in [1.807, 2.05) is 6.92 Å². The minimum Gasteiger partial charge on any atom is -0.458 e.